The van der Waals surface area contributed by atoms with Crippen molar-refractivity contribution >= 4 is 27.1 Å². The lowest BCUT2D eigenvalue weighted by atomic mass is 9.95. The predicted octanol–water partition coefficient (Wildman–Crippen LogP) is 2.22. The molecule has 2 atom stereocenters. The summed E-state index contributed by atoms with van der Waals surface area (Å²) in [6.07, 6.45) is 4.98. The number of pyridine rings is 1. The van der Waals surface area contributed by atoms with Gasteiger partial charge in [-0.1, -0.05) is 5.17 Å². The molecular formula is C24H26N6O5S. The normalized spacial score (nSPS) is 20.2. The average molecular weight is 511 g/mol. The van der Waals surface area contributed by atoms with E-state index in [2.05, 4.69) is 20.3 Å². The van der Waals surface area contributed by atoms with Gasteiger partial charge >= 0.3 is 0 Å². The molecule has 2 aliphatic rings. The molecular weight excluding hydrogens is 484 g/mol. The number of aryl methyl sites for hydroxylation is 1. The number of aromatic nitrogens is 3. The summed E-state index contributed by atoms with van der Waals surface area (Å²) in [5.74, 6) is 0.736. The van der Waals surface area contributed by atoms with Crippen LogP contribution in [0.5, 0.6) is 5.88 Å². The quantitative estimate of drug-likeness (QED) is 0.472. The summed E-state index contributed by atoms with van der Waals surface area (Å²) in [6.45, 7) is 2.57. The van der Waals surface area contributed by atoms with Crippen LogP contribution in [-0.4, -0.2) is 64.5 Å². The first-order chi connectivity index (χ1) is 17.2. The molecule has 188 valence electrons. The molecule has 5 rings (SSSR count). The minimum Gasteiger partial charge on any atom is -0.474 e. The molecule has 0 spiro atoms. The summed E-state index contributed by atoms with van der Waals surface area (Å²) in [4.78, 5) is 26.0. The van der Waals surface area contributed by atoms with Crippen LogP contribution in [0.25, 0.3) is 0 Å². The average Bonchev–Trinajstić information content (AvgIpc) is 3.20. The summed E-state index contributed by atoms with van der Waals surface area (Å²) in [5.41, 5.74) is 2.53. The Morgan fingerprint density at radius 1 is 1.14 bits per heavy atom. The fraction of sp³-hybridized carbons (Fsp3) is 0.333. The first-order valence-corrected chi connectivity index (χ1v) is 13.4. The van der Waals surface area contributed by atoms with E-state index in [0.29, 0.717) is 47.9 Å². The number of hydroxylamine groups is 1. The minimum absolute atomic E-state index is 0.0334. The summed E-state index contributed by atoms with van der Waals surface area (Å²) in [5, 5.41) is 16.3. The van der Waals surface area contributed by atoms with E-state index in [1.807, 2.05) is 13.0 Å². The number of nitrogens with zero attached hydrogens (tertiary/aromatic N) is 5. The first kappa shape index (κ1) is 24.3. The van der Waals surface area contributed by atoms with E-state index < -0.39 is 15.9 Å². The maximum Gasteiger partial charge on any atom is 0.223 e. The fourth-order valence-electron chi connectivity index (χ4n) is 4.38. The van der Waals surface area contributed by atoms with Gasteiger partial charge < -0.3 is 10.1 Å². The van der Waals surface area contributed by atoms with Gasteiger partial charge in [-0.2, -0.15) is 0 Å². The van der Waals surface area contributed by atoms with Gasteiger partial charge in [-0.05, 0) is 56.3 Å². The largest absolute Gasteiger partial charge is 0.474 e. The Morgan fingerprint density at radius 3 is 2.61 bits per heavy atom. The monoisotopic (exact) mass is 510 g/mol. The molecule has 0 amide bonds. The van der Waals surface area contributed by atoms with Crippen LogP contribution < -0.4 is 15.1 Å². The van der Waals surface area contributed by atoms with Crippen LogP contribution in [0.4, 0.5) is 11.5 Å². The molecule has 2 aromatic heterocycles. The molecule has 0 aliphatic carbocycles. The maximum atomic E-state index is 13.0. The summed E-state index contributed by atoms with van der Waals surface area (Å²) in [7, 11) is -3.34. The molecule has 2 N–H and O–H groups in total. The molecule has 3 aromatic rings. The number of carbonyl (C=O) groups excluding carboxylic acids is 1. The number of anilines is 2. The highest BCUT2D eigenvalue weighted by Gasteiger charge is 2.35. The van der Waals surface area contributed by atoms with Crippen LogP contribution in [0.2, 0.25) is 0 Å². The fourth-order valence-corrected chi connectivity index (χ4v) is 5.01. The highest BCUT2D eigenvalue weighted by atomic mass is 32.2. The third-order valence-corrected chi connectivity index (χ3v) is 7.40. The van der Waals surface area contributed by atoms with Gasteiger partial charge in [0.25, 0.3) is 0 Å². The zero-order valence-corrected chi connectivity index (χ0v) is 20.6. The number of hydrogen-bond donors (Lipinski definition) is 2. The minimum atomic E-state index is -3.34. The zero-order valence-electron chi connectivity index (χ0n) is 19.8. The second kappa shape index (κ2) is 9.54. The van der Waals surface area contributed by atoms with Gasteiger partial charge in [0, 0.05) is 30.1 Å². The van der Waals surface area contributed by atoms with Crippen molar-refractivity contribution in [2.24, 2.45) is 0 Å². The highest BCUT2D eigenvalue weighted by Crippen LogP contribution is 2.39. The Morgan fingerprint density at radius 2 is 1.92 bits per heavy atom. The van der Waals surface area contributed by atoms with E-state index in [4.69, 9.17) is 4.74 Å². The lowest BCUT2D eigenvalue weighted by Crippen LogP contribution is -2.47. The summed E-state index contributed by atoms with van der Waals surface area (Å²) >= 11 is 0. The van der Waals surface area contributed by atoms with E-state index in [1.165, 1.54) is 23.5 Å². The number of nitrogens with one attached hydrogen (secondary N) is 1. The number of fused-ring (bicyclic) bond motifs is 1. The molecule has 0 radical (unpaired) electrons. The van der Waals surface area contributed by atoms with Crippen LogP contribution in [-0.2, 0) is 16.4 Å². The van der Waals surface area contributed by atoms with E-state index in [1.54, 1.807) is 24.4 Å². The number of Topliss-reactive ketones (excluding diaryl/α,β-unsaturated/α-hetero) is 1. The molecule has 36 heavy (non-hydrogen) atoms. The van der Waals surface area contributed by atoms with Crippen molar-refractivity contribution in [2.45, 2.75) is 43.4 Å². The summed E-state index contributed by atoms with van der Waals surface area (Å²) < 4.78 is 29.8. The number of hydrazine groups is 1. The molecule has 11 nitrogen and oxygen atoms in total. The number of rotatable bonds is 6. The molecule has 1 aromatic carbocycles. The van der Waals surface area contributed by atoms with Gasteiger partial charge in [0.2, 0.25) is 5.88 Å². The molecule has 4 heterocycles. The third-order valence-electron chi connectivity index (χ3n) is 6.27. The van der Waals surface area contributed by atoms with E-state index in [-0.39, 0.29) is 23.3 Å². The Balaban J connectivity index is 1.34. The smallest absolute Gasteiger partial charge is 0.223 e. The summed E-state index contributed by atoms with van der Waals surface area (Å²) in [6, 6.07) is 9.34. The molecule has 1 saturated heterocycles. The Labute approximate surface area is 208 Å². The van der Waals surface area contributed by atoms with Crippen LogP contribution in [0.15, 0.2) is 53.8 Å². The lowest BCUT2D eigenvalue weighted by Gasteiger charge is -2.30. The van der Waals surface area contributed by atoms with E-state index in [9.17, 15) is 18.4 Å². The number of ketones is 1. The molecule has 2 unspecified atom stereocenters. The highest BCUT2D eigenvalue weighted by molar-refractivity contribution is 7.90. The van der Waals surface area contributed by atoms with Gasteiger partial charge in [-0.15, -0.1) is 0 Å². The Bertz CT molecular complexity index is 1380. The van der Waals surface area contributed by atoms with Gasteiger partial charge in [0.15, 0.2) is 21.4 Å². The zero-order chi connectivity index (χ0) is 25.4. The maximum absolute atomic E-state index is 13.0. The van der Waals surface area contributed by atoms with E-state index >= 15 is 0 Å². The Kier molecular flexibility index (Phi) is 6.43. The topological polar surface area (TPSA) is 138 Å². The van der Waals surface area contributed by atoms with Crippen LogP contribution in [0.3, 0.4) is 0 Å². The second-order valence-electron chi connectivity index (χ2n) is 8.91. The lowest BCUT2D eigenvalue weighted by molar-refractivity contribution is -0.0914. The van der Waals surface area contributed by atoms with Crippen molar-refractivity contribution in [2.75, 3.05) is 17.8 Å². The van der Waals surface area contributed by atoms with Gasteiger partial charge in [0.05, 0.1) is 28.7 Å². The van der Waals surface area contributed by atoms with E-state index in [0.717, 1.165) is 17.1 Å². The van der Waals surface area contributed by atoms with Crippen molar-refractivity contribution in [1.82, 2.24) is 25.4 Å². The van der Waals surface area contributed by atoms with Gasteiger partial charge in [-0.25, -0.2) is 23.4 Å². The third kappa shape index (κ3) is 4.80. The number of benzene rings is 1. The van der Waals surface area contributed by atoms with Crippen molar-refractivity contribution in [3.05, 3.63) is 65.7 Å². The number of sulfone groups is 1. The standard InChI is InChI=1S/C24H26N6O5S/c1-15-3-4-16(12-26-15)22(31)21-11-18(9-10-25-21)35-24-20-13-29(32)30(23(20)27-14-28-24)17-5-7-19(8-6-17)36(2,33)34/h3-8,12,14,18,21,25,32H,9-11,13H2,1-2H3. The Hall–Kier alpha value is -3.45. The molecule has 12 heteroatoms. The van der Waals surface area contributed by atoms with Crippen molar-refractivity contribution in [1.29, 1.82) is 0 Å². The molecule has 2 aliphatic heterocycles. The molecule has 0 saturated carbocycles. The van der Waals surface area contributed by atoms with Crippen LogP contribution >= 0.6 is 0 Å². The number of carbonyl (C=O) groups is 1. The molecule has 0 bridgehead atoms. The van der Waals surface area contributed by atoms with Crippen LogP contribution in [0.1, 0.15) is 34.5 Å². The van der Waals surface area contributed by atoms with Gasteiger partial charge in [0.1, 0.15) is 12.4 Å². The number of piperidine rings is 1. The van der Waals surface area contributed by atoms with Crippen molar-refractivity contribution < 1.29 is 23.2 Å². The second-order valence-corrected chi connectivity index (χ2v) is 10.9. The van der Waals surface area contributed by atoms with Gasteiger partial charge in [-0.3, -0.25) is 15.0 Å². The number of ether oxygens (including phenoxy) is 1. The number of hydrogen-bond acceptors (Lipinski definition) is 11. The first-order valence-electron chi connectivity index (χ1n) is 11.5. The van der Waals surface area contributed by atoms with Crippen molar-refractivity contribution in [3.8, 4) is 5.88 Å². The predicted molar refractivity (Wildman–Crippen MR) is 130 cm³/mol. The van der Waals surface area contributed by atoms with Crippen LogP contribution in [0, 0.1) is 6.92 Å². The molecule has 1 fully saturated rings. The SMILES string of the molecule is Cc1ccc(C(=O)C2CC(Oc3ncnc4c3CN(O)N4c3ccc(S(C)(=O)=O)cc3)CCN2)cn1. The van der Waals surface area contributed by atoms with Crippen molar-refractivity contribution in [3.63, 3.8) is 0 Å².